The molecule has 0 spiro atoms. The first-order valence-electron chi connectivity index (χ1n) is 7.48. The molecule has 1 unspecified atom stereocenters. The molecule has 4 nitrogen and oxygen atoms in total. The van der Waals surface area contributed by atoms with Crippen molar-refractivity contribution in [2.24, 2.45) is 5.73 Å². The van der Waals surface area contributed by atoms with Crippen LogP contribution in [0.2, 0.25) is 0 Å². The summed E-state index contributed by atoms with van der Waals surface area (Å²) in [5.41, 5.74) is 7.94. The van der Waals surface area contributed by atoms with Gasteiger partial charge in [-0.3, -0.25) is 4.90 Å². The molecule has 2 heterocycles. The minimum atomic E-state index is 0.292. The van der Waals surface area contributed by atoms with Gasteiger partial charge in [0.1, 0.15) is 12.4 Å². The lowest BCUT2D eigenvalue weighted by Gasteiger charge is -2.16. The molecule has 3 rings (SSSR count). The number of nitrogens with zero attached hydrogens (tertiary/aromatic N) is 1. The molecular formula is C17H22N2O2. The van der Waals surface area contributed by atoms with Crippen LogP contribution < -0.4 is 5.73 Å². The zero-order chi connectivity index (χ0) is 14.5. The maximum absolute atomic E-state index is 5.94. The van der Waals surface area contributed by atoms with Gasteiger partial charge in [0, 0.05) is 31.7 Å². The van der Waals surface area contributed by atoms with E-state index in [0.29, 0.717) is 19.3 Å². The van der Waals surface area contributed by atoms with Crippen LogP contribution >= 0.6 is 0 Å². The van der Waals surface area contributed by atoms with E-state index in [1.165, 1.54) is 5.56 Å². The van der Waals surface area contributed by atoms with Crippen LogP contribution in [0, 0.1) is 0 Å². The molecule has 1 saturated heterocycles. The summed E-state index contributed by atoms with van der Waals surface area (Å²) in [6.07, 6.45) is 3.08. The lowest BCUT2D eigenvalue weighted by Crippen LogP contribution is -2.22. The Balaban J connectivity index is 1.44. The van der Waals surface area contributed by atoms with E-state index in [-0.39, 0.29) is 0 Å². The van der Waals surface area contributed by atoms with Crippen LogP contribution in [0.5, 0.6) is 0 Å². The number of rotatable bonds is 6. The third-order valence-corrected chi connectivity index (χ3v) is 3.88. The largest absolute Gasteiger partial charge is 0.467 e. The summed E-state index contributed by atoms with van der Waals surface area (Å²) < 4.78 is 11.4. The maximum atomic E-state index is 5.94. The molecule has 0 radical (unpaired) electrons. The molecule has 1 fully saturated rings. The van der Waals surface area contributed by atoms with Gasteiger partial charge in [0.2, 0.25) is 0 Å². The van der Waals surface area contributed by atoms with E-state index in [9.17, 15) is 0 Å². The van der Waals surface area contributed by atoms with E-state index in [0.717, 1.165) is 37.4 Å². The number of hydrogen-bond acceptors (Lipinski definition) is 4. The molecule has 0 saturated carbocycles. The molecule has 2 aromatic rings. The summed E-state index contributed by atoms with van der Waals surface area (Å²) in [4.78, 5) is 2.44. The Morgan fingerprint density at radius 1 is 1.24 bits per heavy atom. The molecule has 2 N–H and O–H groups in total. The van der Waals surface area contributed by atoms with Crippen molar-refractivity contribution in [1.82, 2.24) is 4.90 Å². The van der Waals surface area contributed by atoms with Gasteiger partial charge in [0.25, 0.3) is 0 Å². The smallest absolute Gasteiger partial charge is 0.129 e. The highest BCUT2D eigenvalue weighted by Crippen LogP contribution is 2.18. The highest BCUT2D eigenvalue weighted by atomic mass is 16.5. The number of hydrogen-bond donors (Lipinski definition) is 1. The predicted molar refractivity (Wildman–Crippen MR) is 81.5 cm³/mol. The SMILES string of the molecule is NCc1coc(COC2CCN(Cc3ccccc3)C2)c1. The van der Waals surface area contributed by atoms with Crippen molar-refractivity contribution in [1.29, 1.82) is 0 Å². The zero-order valence-corrected chi connectivity index (χ0v) is 12.2. The van der Waals surface area contributed by atoms with Crippen LogP contribution in [-0.4, -0.2) is 24.1 Å². The fourth-order valence-corrected chi connectivity index (χ4v) is 2.73. The Morgan fingerprint density at radius 3 is 2.86 bits per heavy atom. The fraction of sp³-hybridized carbons (Fsp3) is 0.412. The van der Waals surface area contributed by atoms with Crippen molar-refractivity contribution in [3.05, 3.63) is 59.5 Å². The number of ether oxygens (including phenoxy) is 1. The lowest BCUT2D eigenvalue weighted by molar-refractivity contribution is 0.0364. The van der Waals surface area contributed by atoms with Crippen LogP contribution in [0.15, 0.2) is 47.1 Å². The van der Waals surface area contributed by atoms with E-state index >= 15 is 0 Å². The van der Waals surface area contributed by atoms with Gasteiger partial charge >= 0.3 is 0 Å². The van der Waals surface area contributed by atoms with E-state index in [2.05, 4.69) is 35.2 Å². The molecule has 1 aliphatic rings. The molecular weight excluding hydrogens is 264 g/mol. The van der Waals surface area contributed by atoms with Crippen molar-refractivity contribution in [3.63, 3.8) is 0 Å². The topological polar surface area (TPSA) is 51.6 Å². The number of furan rings is 1. The van der Waals surface area contributed by atoms with Crippen molar-refractivity contribution < 1.29 is 9.15 Å². The van der Waals surface area contributed by atoms with Crippen LogP contribution in [0.3, 0.4) is 0 Å². The van der Waals surface area contributed by atoms with Gasteiger partial charge in [-0.15, -0.1) is 0 Å². The number of benzene rings is 1. The van der Waals surface area contributed by atoms with Gasteiger partial charge in [-0.1, -0.05) is 30.3 Å². The van der Waals surface area contributed by atoms with E-state index in [1.807, 2.05) is 6.07 Å². The third kappa shape index (κ3) is 3.94. The second-order valence-corrected chi connectivity index (χ2v) is 5.57. The first-order chi connectivity index (χ1) is 10.3. The minimum absolute atomic E-state index is 0.292. The van der Waals surface area contributed by atoms with Gasteiger partial charge in [0.15, 0.2) is 0 Å². The summed E-state index contributed by atoms with van der Waals surface area (Å²) in [6, 6.07) is 12.5. The fourth-order valence-electron chi connectivity index (χ4n) is 2.73. The number of nitrogens with two attached hydrogens (primary N) is 1. The third-order valence-electron chi connectivity index (χ3n) is 3.88. The van der Waals surface area contributed by atoms with Crippen molar-refractivity contribution in [2.45, 2.75) is 32.2 Å². The zero-order valence-electron chi connectivity index (χ0n) is 12.2. The van der Waals surface area contributed by atoms with Gasteiger partial charge in [-0.2, -0.15) is 0 Å². The highest BCUT2D eigenvalue weighted by Gasteiger charge is 2.23. The minimum Gasteiger partial charge on any atom is -0.467 e. The molecule has 0 aliphatic carbocycles. The van der Waals surface area contributed by atoms with Crippen LogP contribution in [-0.2, 0) is 24.4 Å². The lowest BCUT2D eigenvalue weighted by atomic mass is 10.2. The first-order valence-corrected chi connectivity index (χ1v) is 7.48. The van der Waals surface area contributed by atoms with Crippen molar-refractivity contribution in [3.8, 4) is 0 Å². The molecule has 112 valence electrons. The van der Waals surface area contributed by atoms with Gasteiger partial charge in [0.05, 0.1) is 12.4 Å². The molecule has 0 amide bonds. The van der Waals surface area contributed by atoms with Crippen molar-refractivity contribution in [2.75, 3.05) is 13.1 Å². The van der Waals surface area contributed by atoms with Crippen molar-refractivity contribution >= 4 is 0 Å². The van der Waals surface area contributed by atoms with Crippen LogP contribution in [0.1, 0.15) is 23.3 Å². The first kappa shape index (κ1) is 14.3. The standard InChI is InChI=1S/C17H22N2O2/c18-9-15-8-17(20-12-15)13-21-16-6-7-19(11-16)10-14-4-2-1-3-5-14/h1-5,8,12,16H,6-7,9-11,13,18H2. The van der Waals surface area contributed by atoms with Crippen LogP contribution in [0.25, 0.3) is 0 Å². The summed E-state index contributed by atoms with van der Waals surface area (Å²) in [6.45, 7) is 4.12. The van der Waals surface area contributed by atoms with Gasteiger partial charge < -0.3 is 14.9 Å². The molecule has 0 bridgehead atoms. The van der Waals surface area contributed by atoms with E-state index < -0.39 is 0 Å². The summed E-state index contributed by atoms with van der Waals surface area (Å²) in [7, 11) is 0. The molecule has 21 heavy (non-hydrogen) atoms. The average Bonchev–Trinajstić information content (AvgIpc) is 3.15. The Labute approximate surface area is 125 Å². The van der Waals surface area contributed by atoms with Gasteiger partial charge in [-0.05, 0) is 18.1 Å². The van der Waals surface area contributed by atoms with E-state index in [1.54, 1.807) is 6.26 Å². The quantitative estimate of drug-likeness (QED) is 0.886. The molecule has 1 aliphatic heterocycles. The summed E-state index contributed by atoms with van der Waals surface area (Å²) in [5, 5.41) is 0. The van der Waals surface area contributed by atoms with Crippen LogP contribution in [0.4, 0.5) is 0 Å². The summed E-state index contributed by atoms with van der Waals surface area (Å²) >= 11 is 0. The summed E-state index contributed by atoms with van der Waals surface area (Å²) in [5.74, 6) is 0.858. The number of likely N-dealkylation sites (tertiary alicyclic amines) is 1. The average molecular weight is 286 g/mol. The Hall–Kier alpha value is -1.62. The Kier molecular flexibility index (Phi) is 4.70. The molecule has 1 aromatic heterocycles. The Bertz CT molecular complexity index is 553. The monoisotopic (exact) mass is 286 g/mol. The predicted octanol–water partition coefficient (Wildman–Crippen LogP) is 2.53. The molecule has 1 atom stereocenters. The van der Waals surface area contributed by atoms with Gasteiger partial charge in [-0.25, -0.2) is 0 Å². The van der Waals surface area contributed by atoms with E-state index in [4.69, 9.17) is 14.9 Å². The Morgan fingerprint density at radius 2 is 2.10 bits per heavy atom. The second-order valence-electron chi connectivity index (χ2n) is 5.57. The maximum Gasteiger partial charge on any atom is 0.129 e. The molecule has 4 heteroatoms. The normalized spacial score (nSPS) is 19.2. The molecule has 1 aromatic carbocycles. The highest BCUT2D eigenvalue weighted by molar-refractivity contribution is 5.14. The second kappa shape index (κ2) is 6.89.